The van der Waals surface area contributed by atoms with E-state index in [9.17, 15) is 14.4 Å². The van der Waals surface area contributed by atoms with Crippen LogP contribution in [0.3, 0.4) is 0 Å². The van der Waals surface area contributed by atoms with E-state index in [2.05, 4.69) is 10.4 Å². The van der Waals surface area contributed by atoms with Crippen molar-refractivity contribution in [2.75, 3.05) is 6.61 Å². The van der Waals surface area contributed by atoms with E-state index >= 15 is 0 Å². The molecule has 0 radical (unpaired) electrons. The van der Waals surface area contributed by atoms with Gasteiger partial charge in [-0.3, -0.25) is 19.5 Å². The van der Waals surface area contributed by atoms with Gasteiger partial charge in [-0.2, -0.15) is 0 Å². The van der Waals surface area contributed by atoms with E-state index in [0.29, 0.717) is 6.42 Å². The highest BCUT2D eigenvalue weighted by atomic mass is 16.3. The van der Waals surface area contributed by atoms with Gasteiger partial charge in [0, 0.05) is 24.8 Å². The monoisotopic (exact) mass is 241 g/mol. The molecule has 0 saturated heterocycles. The van der Waals surface area contributed by atoms with Crippen LogP contribution in [0.1, 0.15) is 13.3 Å². The number of aliphatic hydroxyl groups excluding tert-OH is 1. The molecule has 1 atom stereocenters. The molecule has 0 spiro atoms. The molecule has 0 aliphatic heterocycles. The Bertz CT molecular complexity index is 491. The van der Waals surface area contributed by atoms with Crippen LogP contribution in [0.5, 0.6) is 0 Å². The molecule has 94 valence electrons. The van der Waals surface area contributed by atoms with E-state index in [1.54, 1.807) is 6.92 Å². The molecular weight excluding hydrogens is 226 g/mol. The Balaban J connectivity index is 2.65. The number of carbonyl (C=O) groups is 1. The second-order valence-electron chi connectivity index (χ2n) is 3.71. The summed E-state index contributed by atoms with van der Waals surface area (Å²) in [4.78, 5) is 33.7. The van der Waals surface area contributed by atoms with Gasteiger partial charge >= 0.3 is 0 Å². The van der Waals surface area contributed by atoms with E-state index in [1.165, 1.54) is 0 Å². The van der Waals surface area contributed by atoms with Gasteiger partial charge in [-0.25, -0.2) is 4.68 Å². The molecule has 7 heteroatoms. The summed E-state index contributed by atoms with van der Waals surface area (Å²) < 4.78 is 0.934. The summed E-state index contributed by atoms with van der Waals surface area (Å²) in [6.45, 7) is 1.47. The molecule has 0 fully saturated rings. The first kappa shape index (κ1) is 13.2. The van der Waals surface area contributed by atoms with Gasteiger partial charge in [0.25, 0.3) is 11.1 Å². The molecular formula is C10H15N3O4. The summed E-state index contributed by atoms with van der Waals surface area (Å²) in [6.07, 6.45) is 0.436. The van der Waals surface area contributed by atoms with Crippen LogP contribution in [0.4, 0.5) is 0 Å². The minimum atomic E-state index is -0.449. The van der Waals surface area contributed by atoms with Crippen LogP contribution in [-0.2, 0) is 11.3 Å². The van der Waals surface area contributed by atoms with Gasteiger partial charge in [0.2, 0.25) is 5.91 Å². The fourth-order valence-corrected chi connectivity index (χ4v) is 1.31. The minimum Gasteiger partial charge on any atom is -0.396 e. The Morgan fingerprint density at radius 3 is 2.88 bits per heavy atom. The number of amides is 1. The molecule has 1 rings (SSSR count). The van der Waals surface area contributed by atoms with Gasteiger partial charge in [-0.1, -0.05) is 0 Å². The topological polar surface area (TPSA) is 104 Å². The highest BCUT2D eigenvalue weighted by Crippen LogP contribution is 1.88. The number of carbonyl (C=O) groups excluding carboxylic acids is 1. The van der Waals surface area contributed by atoms with Crippen LogP contribution >= 0.6 is 0 Å². The molecule has 0 saturated carbocycles. The van der Waals surface area contributed by atoms with Crippen molar-refractivity contribution in [2.24, 2.45) is 0 Å². The number of nitrogens with one attached hydrogen (secondary N) is 2. The zero-order chi connectivity index (χ0) is 12.8. The summed E-state index contributed by atoms with van der Waals surface area (Å²) in [5.41, 5.74) is -0.893. The molecule has 3 N–H and O–H groups in total. The first-order valence-electron chi connectivity index (χ1n) is 5.23. The van der Waals surface area contributed by atoms with Gasteiger partial charge in [0.15, 0.2) is 0 Å². The molecule has 0 aliphatic carbocycles. The number of aliphatic hydroxyl groups is 1. The van der Waals surface area contributed by atoms with Crippen molar-refractivity contribution >= 4 is 5.91 Å². The highest BCUT2D eigenvalue weighted by Gasteiger charge is 2.08. The van der Waals surface area contributed by atoms with Crippen molar-refractivity contribution in [1.29, 1.82) is 0 Å². The van der Waals surface area contributed by atoms with Crippen LogP contribution < -0.4 is 16.4 Å². The minimum absolute atomic E-state index is 0.0242. The average molecular weight is 241 g/mol. The van der Waals surface area contributed by atoms with E-state index in [1.807, 2.05) is 0 Å². The lowest BCUT2D eigenvalue weighted by atomic mass is 10.2. The predicted molar refractivity (Wildman–Crippen MR) is 60.6 cm³/mol. The van der Waals surface area contributed by atoms with Crippen LogP contribution in [-0.4, -0.2) is 33.4 Å². The van der Waals surface area contributed by atoms with Gasteiger partial charge in [-0.05, 0) is 13.3 Å². The summed E-state index contributed by atoms with van der Waals surface area (Å²) in [5, 5.41) is 13.5. The first-order valence-corrected chi connectivity index (χ1v) is 5.23. The maximum Gasteiger partial charge on any atom is 0.265 e. The molecule has 1 amide bonds. The molecule has 17 heavy (non-hydrogen) atoms. The summed E-state index contributed by atoms with van der Waals surface area (Å²) in [7, 11) is 0. The zero-order valence-electron chi connectivity index (χ0n) is 9.47. The fraction of sp³-hybridized carbons (Fsp3) is 0.500. The molecule has 0 aromatic carbocycles. The van der Waals surface area contributed by atoms with E-state index in [0.717, 1.165) is 16.8 Å². The normalized spacial score (nSPS) is 12.1. The Morgan fingerprint density at radius 2 is 2.24 bits per heavy atom. The number of aromatic nitrogens is 2. The van der Waals surface area contributed by atoms with Crippen LogP contribution in [0.15, 0.2) is 21.7 Å². The summed E-state index contributed by atoms with van der Waals surface area (Å²) in [5.74, 6) is -0.394. The Kier molecular flexibility index (Phi) is 4.65. The quantitative estimate of drug-likeness (QED) is 0.579. The van der Waals surface area contributed by atoms with Crippen LogP contribution in [0.2, 0.25) is 0 Å². The number of H-pyrrole nitrogens is 1. The molecule has 0 aliphatic rings. The van der Waals surface area contributed by atoms with Crippen molar-refractivity contribution in [3.05, 3.63) is 32.8 Å². The molecule has 0 bridgehead atoms. The van der Waals surface area contributed by atoms with Crippen molar-refractivity contribution < 1.29 is 9.90 Å². The van der Waals surface area contributed by atoms with E-state index in [-0.39, 0.29) is 19.2 Å². The average Bonchev–Trinajstić information content (AvgIpc) is 2.23. The maximum atomic E-state index is 11.5. The summed E-state index contributed by atoms with van der Waals surface area (Å²) in [6, 6.07) is 2.02. The van der Waals surface area contributed by atoms with E-state index in [4.69, 9.17) is 5.11 Å². The lowest BCUT2D eigenvalue weighted by Crippen LogP contribution is -2.39. The highest BCUT2D eigenvalue weighted by molar-refractivity contribution is 5.75. The van der Waals surface area contributed by atoms with Crippen molar-refractivity contribution in [2.45, 2.75) is 25.9 Å². The second kappa shape index (κ2) is 6.00. The maximum absolute atomic E-state index is 11.5. The van der Waals surface area contributed by atoms with Crippen LogP contribution in [0, 0.1) is 0 Å². The van der Waals surface area contributed by atoms with Gasteiger partial charge in [-0.15, -0.1) is 0 Å². The standard InChI is InChI=1S/C10H15N3O4/c1-7(4-5-14)11-9(16)6-13-10(17)3-2-8(15)12-13/h2-3,7,14H,4-6H2,1H3,(H,11,16)(H,12,15). The summed E-state index contributed by atoms with van der Waals surface area (Å²) >= 11 is 0. The SMILES string of the molecule is CC(CCO)NC(=O)Cn1[nH]c(=O)ccc1=O. The molecule has 7 nitrogen and oxygen atoms in total. The molecule has 1 unspecified atom stereocenters. The molecule has 1 aromatic heterocycles. The lowest BCUT2D eigenvalue weighted by molar-refractivity contribution is -0.122. The smallest absolute Gasteiger partial charge is 0.265 e. The van der Waals surface area contributed by atoms with E-state index < -0.39 is 17.0 Å². The Morgan fingerprint density at radius 1 is 1.53 bits per heavy atom. The lowest BCUT2D eigenvalue weighted by Gasteiger charge is -2.12. The third kappa shape index (κ3) is 4.23. The van der Waals surface area contributed by atoms with Gasteiger partial charge in [0.1, 0.15) is 6.54 Å². The van der Waals surface area contributed by atoms with Gasteiger partial charge in [0.05, 0.1) is 0 Å². The third-order valence-electron chi connectivity index (χ3n) is 2.16. The number of aromatic amines is 1. The van der Waals surface area contributed by atoms with Crippen molar-refractivity contribution in [3.8, 4) is 0 Å². The van der Waals surface area contributed by atoms with Crippen LogP contribution in [0.25, 0.3) is 0 Å². The first-order chi connectivity index (χ1) is 8.02. The number of nitrogens with zero attached hydrogens (tertiary/aromatic N) is 1. The fourth-order valence-electron chi connectivity index (χ4n) is 1.31. The Hall–Kier alpha value is -1.89. The number of hydrogen-bond acceptors (Lipinski definition) is 4. The number of rotatable bonds is 5. The predicted octanol–water partition coefficient (Wildman–Crippen LogP) is -1.58. The largest absolute Gasteiger partial charge is 0.396 e. The molecule has 1 aromatic rings. The Labute approximate surface area is 97.1 Å². The van der Waals surface area contributed by atoms with Crippen molar-refractivity contribution in [1.82, 2.24) is 15.1 Å². The van der Waals surface area contributed by atoms with Crippen molar-refractivity contribution in [3.63, 3.8) is 0 Å². The third-order valence-corrected chi connectivity index (χ3v) is 2.16. The second-order valence-corrected chi connectivity index (χ2v) is 3.71. The zero-order valence-corrected chi connectivity index (χ0v) is 9.47. The number of hydrogen-bond donors (Lipinski definition) is 3. The van der Waals surface area contributed by atoms with Gasteiger partial charge < -0.3 is 10.4 Å². The molecule has 1 heterocycles.